The lowest BCUT2D eigenvalue weighted by Crippen LogP contribution is -2.45. The van der Waals surface area contributed by atoms with E-state index in [0.29, 0.717) is 0 Å². The van der Waals surface area contributed by atoms with Gasteiger partial charge in [0.25, 0.3) is 0 Å². The second-order valence-electron chi connectivity index (χ2n) is 4.00. The molecule has 0 spiro atoms. The SMILES string of the molecule is Brc1csc(CNCCN2CCNCC2)c1. The molecule has 3 nitrogen and oxygen atoms in total. The van der Waals surface area contributed by atoms with E-state index in [1.807, 2.05) is 0 Å². The molecule has 2 heterocycles. The van der Waals surface area contributed by atoms with Gasteiger partial charge in [-0.15, -0.1) is 11.3 Å². The first-order chi connectivity index (χ1) is 7.84. The van der Waals surface area contributed by atoms with Crippen molar-refractivity contribution >= 4 is 27.3 Å². The van der Waals surface area contributed by atoms with Gasteiger partial charge in [0, 0.05) is 60.5 Å². The fraction of sp³-hybridized carbons (Fsp3) is 0.636. The number of hydrogen-bond donors (Lipinski definition) is 2. The van der Waals surface area contributed by atoms with E-state index in [2.05, 4.69) is 42.9 Å². The van der Waals surface area contributed by atoms with Crippen LogP contribution in [-0.2, 0) is 6.54 Å². The molecule has 0 amide bonds. The molecule has 1 aromatic rings. The van der Waals surface area contributed by atoms with Crippen LogP contribution < -0.4 is 10.6 Å². The van der Waals surface area contributed by atoms with Gasteiger partial charge in [0.05, 0.1) is 0 Å². The lowest BCUT2D eigenvalue weighted by atomic mass is 10.3. The van der Waals surface area contributed by atoms with Gasteiger partial charge < -0.3 is 10.6 Å². The van der Waals surface area contributed by atoms with E-state index >= 15 is 0 Å². The molecular formula is C11H18BrN3S. The van der Waals surface area contributed by atoms with Gasteiger partial charge in [-0.25, -0.2) is 0 Å². The topological polar surface area (TPSA) is 27.3 Å². The Labute approximate surface area is 109 Å². The molecule has 2 rings (SSSR count). The third kappa shape index (κ3) is 4.14. The highest BCUT2D eigenvalue weighted by Crippen LogP contribution is 2.19. The Morgan fingerprint density at radius 1 is 1.44 bits per heavy atom. The number of piperazine rings is 1. The van der Waals surface area contributed by atoms with Crippen molar-refractivity contribution in [2.45, 2.75) is 6.54 Å². The highest BCUT2D eigenvalue weighted by molar-refractivity contribution is 9.10. The van der Waals surface area contributed by atoms with Crippen molar-refractivity contribution in [3.05, 3.63) is 20.8 Å². The normalized spacial score (nSPS) is 17.8. The van der Waals surface area contributed by atoms with Crippen LogP contribution in [0.2, 0.25) is 0 Å². The van der Waals surface area contributed by atoms with Crippen molar-refractivity contribution in [2.75, 3.05) is 39.3 Å². The van der Waals surface area contributed by atoms with Crippen LogP contribution in [-0.4, -0.2) is 44.2 Å². The molecule has 1 aliphatic rings. The molecule has 90 valence electrons. The summed E-state index contributed by atoms with van der Waals surface area (Å²) >= 11 is 5.27. The smallest absolute Gasteiger partial charge is 0.0300 e. The lowest BCUT2D eigenvalue weighted by molar-refractivity contribution is 0.241. The summed E-state index contributed by atoms with van der Waals surface area (Å²) in [6.07, 6.45) is 0. The fourth-order valence-corrected chi connectivity index (χ4v) is 3.25. The molecule has 1 saturated heterocycles. The Kier molecular flexibility index (Phi) is 5.25. The van der Waals surface area contributed by atoms with Crippen LogP contribution in [0, 0.1) is 0 Å². The Hall–Kier alpha value is 0.0600. The molecule has 5 heteroatoms. The predicted octanol–water partition coefficient (Wildman–Crippen LogP) is 1.51. The van der Waals surface area contributed by atoms with E-state index in [9.17, 15) is 0 Å². The summed E-state index contributed by atoms with van der Waals surface area (Å²) in [5.74, 6) is 0. The van der Waals surface area contributed by atoms with E-state index < -0.39 is 0 Å². The maximum Gasteiger partial charge on any atom is 0.0300 e. The molecule has 0 bridgehead atoms. The molecule has 1 aliphatic heterocycles. The fourth-order valence-electron chi connectivity index (χ4n) is 1.83. The molecule has 1 fully saturated rings. The van der Waals surface area contributed by atoms with Crippen LogP contribution in [0.1, 0.15) is 4.88 Å². The Balaban J connectivity index is 1.57. The second kappa shape index (κ2) is 6.71. The second-order valence-corrected chi connectivity index (χ2v) is 5.91. The summed E-state index contributed by atoms with van der Waals surface area (Å²) < 4.78 is 1.19. The maximum atomic E-state index is 3.49. The van der Waals surface area contributed by atoms with E-state index in [4.69, 9.17) is 0 Å². The zero-order valence-electron chi connectivity index (χ0n) is 9.34. The number of nitrogens with one attached hydrogen (secondary N) is 2. The van der Waals surface area contributed by atoms with Crippen LogP contribution in [0.4, 0.5) is 0 Å². The minimum Gasteiger partial charge on any atom is -0.314 e. The first-order valence-electron chi connectivity index (χ1n) is 5.71. The van der Waals surface area contributed by atoms with Gasteiger partial charge in [0.15, 0.2) is 0 Å². The van der Waals surface area contributed by atoms with Crippen LogP contribution in [0.25, 0.3) is 0 Å². The van der Waals surface area contributed by atoms with E-state index in [-0.39, 0.29) is 0 Å². The summed E-state index contributed by atoms with van der Waals surface area (Å²) in [4.78, 5) is 3.90. The van der Waals surface area contributed by atoms with Gasteiger partial charge in [-0.2, -0.15) is 0 Å². The average molecular weight is 304 g/mol. The van der Waals surface area contributed by atoms with Crippen molar-refractivity contribution in [1.29, 1.82) is 0 Å². The van der Waals surface area contributed by atoms with Crippen molar-refractivity contribution in [3.63, 3.8) is 0 Å². The first kappa shape index (κ1) is 12.5. The van der Waals surface area contributed by atoms with Gasteiger partial charge in [-0.3, -0.25) is 4.90 Å². The highest BCUT2D eigenvalue weighted by atomic mass is 79.9. The van der Waals surface area contributed by atoms with E-state index in [0.717, 1.165) is 32.7 Å². The minimum absolute atomic E-state index is 0.988. The number of nitrogens with zero attached hydrogens (tertiary/aromatic N) is 1. The summed E-state index contributed by atoms with van der Waals surface area (Å²) in [6, 6.07) is 2.18. The standard InChI is InChI=1S/C11H18BrN3S/c12-10-7-11(16-9-10)8-14-3-6-15-4-1-13-2-5-15/h7,9,13-14H,1-6,8H2. The number of rotatable bonds is 5. The van der Waals surface area contributed by atoms with E-state index in [1.54, 1.807) is 11.3 Å². The third-order valence-electron chi connectivity index (χ3n) is 2.74. The van der Waals surface area contributed by atoms with Crippen LogP contribution in [0.5, 0.6) is 0 Å². The van der Waals surface area contributed by atoms with Crippen LogP contribution in [0.3, 0.4) is 0 Å². The molecule has 0 unspecified atom stereocenters. The van der Waals surface area contributed by atoms with Gasteiger partial charge in [0.2, 0.25) is 0 Å². The number of hydrogen-bond acceptors (Lipinski definition) is 4. The third-order valence-corrected chi connectivity index (χ3v) is 4.43. The molecule has 0 aromatic carbocycles. The lowest BCUT2D eigenvalue weighted by Gasteiger charge is -2.27. The first-order valence-corrected chi connectivity index (χ1v) is 7.38. The largest absolute Gasteiger partial charge is 0.314 e. The molecular weight excluding hydrogens is 286 g/mol. The predicted molar refractivity (Wildman–Crippen MR) is 73.0 cm³/mol. The molecule has 0 saturated carbocycles. The Bertz CT molecular complexity index is 310. The van der Waals surface area contributed by atoms with Gasteiger partial charge in [-0.1, -0.05) is 0 Å². The minimum atomic E-state index is 0.988. The monoisotopic (exact) mass is 303 g/mol. The molecule has 1 aromatic heterocycles. The van der Waals surface area contributed by atoms with E-state index in [1.165, 1.54) is 22.4 Å². The molecule has 0 aliphatic carbocycles. The van der Waals surface area contributed by atoms with Crippen LogP contribution in [0.15, 0.2) is 15.9 Å². The number of thiophene rings is 1. The Morgan fingerprint density at radius 2 is 2.25 bits per heavy atom. The summed E-state index contributed by atoms with van der Waals surface area (Å²) in [7, 11) is 0. The van der Waals surface area contributed by atoms with Gasteiger partial charge in [0.1, 0.15) is 0 Å². The van der Waals surface area contributed by atoms with Crippen molar-refractivity contribution in [2.24, 2.45) is 0 Å². The molecule has 2 N–H and O–H groups in total. The number of halogens is 1. The van der Waals surface area contributed by atoms with Crippen molar-refractivity contribution < 1.29 is 0 Å². The Morgan fingerprint density at radius 3 is 2.94 bits per heavy atom. The molecule has 0 radical (unpaired) electrons. The van der Waals surface area contributed by atoms with Crippen molar-refractivity contribution in [1.82, 2.24) is 15.5 Å². The average Bonchev–Trinajstić information content (AvgIpc) is 2.72. The molecule has 0 atom stereocenters. The summed E-state index contributed by atoms with van der Waals surface area (Å²) in [6.45, 7) is 7.88. The quantitative estimate of drug-likeness (QED) is 0.808. The van der Waals surface area contributed by atoms with Crippen LogP contribution >= 0.6 is 27.3 Å². The van der Waals surface area contributed by atoms with Crippen molar-refractivity contribution in [3.8, 4) is 0 Å². The maximum absolute atomic E-state index is 3.49. The summed E-state index contributed by atoms with van der Waals surface area (Å²) in [5, 5.41) is 8.99. The van der Waals surface area contributed by atoms with Gasteiger partial charge in [-0.05, 0) is 22.0 Å². The van der Waals surface area contributed by atoms with Gasteiger partial charge >= 0.3 is 0 Å². The summed E-state index contributed by atoms with van der Waals surface area (Å²) in [5.41, 5.74) is 0. The molecule has 16 heavy (non-hydrogen) atoms. The zero-order valence-corrected chi connectivity index (χ0v) is 11.7. The zero-order chi connectivity index (χ0) is 11.2. The highest BCUT2D eigenvalue weighted by Gasteiger charge is 2.07.